The van der Waals surface area contributed by atoms with Crippen molar-refractivity contribution in [1.82, 2.24) is 4.98 Å². The normalized spacial score (nSPS) is 10.9. The van der Waals surface area contributed by atoms with Crippen LogP contribution in [0.3, 0.4) is 0 Å². The van der Waals surface area contributed by atoms with E-state index in [2.05, 4.69) is 4.98 Å². The smallest absolute Gasteiger partial charge is 0.293 e. The van der Waals surface area contributed by atoms with E-state index in [1.807, 2.05) is 30.5 Å². The summed E-state index contributed by atoms with van der Waals surface area (Å²) in [5, 5.41) is 11.5. The molecule has 0 spiro atoms. The van der Waals surface area contributed by atoms with E-state index in [1.165, 1.54) is 11.0 Å². The van der Waals surface area contributed by atoms with Crippen LogP contribution < -0.4 is 4.90 Å². The molecule has 0 saturated carbocycles. The van der Waals surface area contributed by atoms with Crippen molar-refractivity contribution in [2.24, 2.45) is 0 Å². The molecule has 8 heteroatoms. The summed E-state index contributed by atoms with van der Waals surface area (Å²) in [5.41, 5.74) is 3.59. The summed E-state index contributed by atoms with van der Waals surface area (Å²) in [6, 6.07) is 9.14. The van der Waals surface area contributed by atoms with Gasteiger partial charge < -0.3 is 4.90 Å². The van der Waals surface area contributed by atoms with Crippen molar-refractivity contribution >= 4 is 51.1 Å². The standard InChI is InChI=1S/C18H17N3O3S2/c1-11-6-12(2)17(15(7-11)21(23)24)20(10-22)9-13-4-5-14-16(8-13)26-18(19-14)25-3/h4-8,10H,9H2,1-3H3. The van der Waals surface area contributed by atoms with Gasteiger partial charge in [0.25, 0.3) is 5.69 Å². The molecular formula is C18H17N3O3S2. The topological polar surface area (TPSA) is 76.3 Å². The van der Waals surface area contributed by atoms with E-state index < -0.39 is 4.92 Å². The third-order valence-corrected chi connectivity index (χ3v) is 6.00. The van der Waals surface area contributed by atoms with Crippen molar-refractivity contribution in [3.05, 3.63) is 57.1 Å². The van der Waals surface area contributed by atoms with Crippen molar-refractivity contribution in [3.8, 4) is 0 Å². The zero-order chi connectivity index (χ0) is 18.8. The van der Waals surface area contributed by atoms with Gasteiger partial charge >= 0.3 is 0 Å². The average Bonchev–Trinajstić information content (AvgIpc) is 3.02. The van der Waals surface area contributed by atoms with Gasteiger partial charge in [-0.05, 0) is 48.9 Å². The van der Waals surface area contributed by atoms with Crippen molar-refractivity contribution in [2.75, 3.05) is 11.2 Å². The quantitative estimate of drug-likeness (QED) is 0.265. The molecule has 0 unspecified atom stereocenters. The van der Waals surface area contributed by atoms with E-state index in [4.69, 9.17) is 0 Å². The minimum absolute atomic E-state index is 0.0573. The molecule has 0 bridgehead atoms. The van der Waals surface area contributed by atoms with E-state index in [1.54, 1.807) is 36.9 Å². The fraction of sp³-hybridized carbons (Fsp3) is 0.222. The fourth-order valence-electron chi connectivity index (χ4n) is 2.95. The molecule has 1 aromatic heterocycles. The van der Waals surface area contributed by atoms with Crippen LogP contribution in [0, 0.1) is 24.0 Å². The first-order valence-corrected chi connectivity index (χ1v) is 9.88. The summed E-state index contributed by atoms with van der Waals surface area (Å²) >= 11 is 3.18. The number of thiazole rings is 1. The van der Waals surface area contributed by atoms with Crippen LogP contribution in [0.1, 0.15) is 16.7 Å². The zero-order valence-corrected chi connectivity index (χ0v) is 16.2. The second-order valence-corrected chi connectivity index (χ2v) is 8.01. The number of aryl methyl sites for hydroxylation is 2. The number of carbonyl (C=O) groups excluding carboxylic acids is 1. The molecule has 0 radical (unpaired) electrons. The molecule has 6 nitrogen and oxygen atoms in total. The Morgan fingerprint density at radius 1 is 1.31 bits per heavy atom. The molecule has 0 aliphatic rings. The van der Waals surface area contributed by atoms with E-state index >= 15 is 0 Å². The zero-order valence-electron chi connectivity index (χ0n) is 14.6. The second-order valence-electron chi connectivity index (χ2n) is 5.93. The average molecular weight is 387 g/mol. The highest BCUT2D eigenvalue weighted by Crippen LogP contribution is 2.34. The number of carbonyl (C=O) groups is 1. The van der Waals surface area contributed by atoms with Gasteiger partial charge in [0.05, 0.1) is 21.7 Å². The maximum absolute atomic E-state index is 11.7. The number of benzene rings is 2. The number of amides is 1. The number of fused-ring (bicyclic) bond motifs is 1. The summed E-state index contributed by atoms with van der Waals surface area (Å²) in [6.07, 6.45) is 2.63. The molecule has 1 amide bonds. The number of anilines is 1. The maximum Gasteiger partial charge on any atom is 0.293 e. The van der Waals surface area contributed by atoms with E-state index in [0.29, 0.717) is 17.7 Å². The summed E-state index contributed by atoms with van der Waals surface area (Å²) in [6.45, 7) is 3.84. The first-order chi connectivity index (χ1) is 12.4. The number of hydrogen-bond acceptors (Lipinski definition) is 6. The van der Waals surface area contributed by atoms with Gasteiger partial charge in [-0.2, -0.15) is 0 Å². The summed E-state index contributed by atoms with van der Waals surface area (Å²) in [5.74, 6) is 0. The van der Waals surface area contributed by atoms with Crippen molar-refractivity contribution in [2.45, 2.75) is 24.7 Å². The summed E-state index contributed by atoms with van der Waals surface area (Å²) < 4.78 is 2.02. The van der Waals surface area contributed by atoms with Gasteiger partial charge in [0, 0.05) is 6.07 Å². The highest BCUT2D eigenvalue weighted by molar-refractivity contribution is 8.00. The highest BCUT2D eigenvalue weighted by Gasteiger charge is 2.22. The Morgan fingerprint density at radius 2 is 2.08 bits per heavy atom. The number of nitrogens with zero attached hydrogens (tertiary/aromatic N) is 3. The Morgan fingerprint density at radius 3 is 2.73 bits per heavy atom. The molecule has 0 N–H and O–H groups in total. The van der Waals surface area contributed by atoms with Crippen LogP contribution in [0.4, 0.5) is 11.4 Å². The number of nitro groups is 1. The van der Waals surface area contributed by atoms with Crippen LogP contribution in [0.2, 0.25) is 0 Å². The van der Waals surface area contributed by atoms with Gasteiger partial charge in [-0.1, -0.05) is 23.9 Å². The van der Waals surface area contributed by atoms with Crippen molar-refractivity contribution in [1.29, 1.82) is 0 Å². The van der Waals surface area contributed by atoms with E-state index in [0.717, 1.165) is 25.7 Å². The Balaban J connectivity index is 2.00. The van der Waals surface area contributed by atoms with Gasteiger partial charge in [-0.25, -0.2) is 4.98 Å². The molecule has 3 rings (SSSR count). The molecule has 0 aliphatic heterocycles. The monoisotopic (exact) mass is 387 g/mol. The van der Waals surface area contributed by atoms with Gasteiger partial charge in [0.2, 0.25) is 6.41 Å². The first-order valence-electron chi connectivity index (χ1n) is 7.84. The molecule has 0 saturated heterocycles. The molecule has 0 atom stereocenters. The Bertz CT molecular complexity index is 1000. The second kappa shape index (κ2) is 7.43. The van der Waals surface area contributed by atoms with Gasteiger partial charge in [-0.15, -0.1) is 11.3 Å². The van der Waals surface area contributed by atoms with Gasteiger partial charge in [-0.3, -0.25) is 14.9 Å². The molecule has 1 heterocycles. The first kappa shape index (κ1) is 18.3. The largest absolute Gasteiger partial charge is 0.304 e. The number of thioether (sulfide) groups is 1. The van der Waals surface area contributed by atoms with Crippen LogP contribution in [-0.2, 0) is 11.3 Å². The van der Waals surface area contributed by atoms with Crippen LogP contribution in [0.15, 0.2) is 34.7 Å². The SMILES string of the molecule is CSc1nc2ccc(CN(C=O)c3c(C)cc(C)cc3[N+](=O)[O-])cc2s1. The van der Waals surface area contributed by atoms with Gasteiger partial charge in [0.15, 0.2) is 4.34 Å². The number of aromatic nitrogens is 1. The predicted octanol–water partition coefficient (Wildman–Crippen LogP) is 4.71. The molecule has 0 fully saturated rings. The number of rotatable bonds is 6. The highest BCUT2D eigenvalue weighted by atomic mass is 32.2. The molecule has 134 valence electrons. The lowest BCUT2D eigenvalue weighted by Crippen LogP contribution is -2.22. The van der Waals surface area contributed by atoms with Crippen LogP contribution in [0.5, 0.6) is 0 Å². The third kappa shape index (κ3) is 3.56. The Kier molecular flexibility index (Phi) is 5.24. The Hall–Kier alpha value is -2.45. The lowest BCUT2D eigenvalue weighted by molar-refractivity contribution is -0.384. The molecule has 26 heavy (non-hydrogen) atoms. The number of nitro benzene ring substituents is 1. The maximum atomic E-state index is 11.7. The van der Waals surface area contributed by atoms with Crippen LogP contribution >= 0.6 is 23.1 Å². The molecule has 3 aromatic rings. The Labute approximate surface area is 159 Å². The summed E-state index contributed by atoms with van der Waals surface area (Å²) in [7, 11) is 0. The van der Waals surface area contributed by atoms with Crippen LogP contribution in [0.25, 0.3) is 10.2 Å². The summed E-state index contributed by atoms with van der Waals surface area (Å²) in [4.78, 5) is 28.6. The minimum Gasteiger partial charge on any atom is -0.304 e. The van der Waals surface area contributed by atoms with Crippen molar-refractivity contribution in [3.63, 3.8) is 0 Å². The van der Waals surface area contributed by atoms with E-state index in [9.17, 15) is 14.9 Å². The van der Waals surface area contributed by atoms with Crippen LogP contribution in [-0.4, -0.2) is 22.6 Å². The predicted molar refractivity (Wildman–Crippen MR) is 106 cm³/mol. The lowest BCUT2D eigenvalue weighted by atomic mass is 10.1. The lowest BCUT2D eigenvalue weighted by Gasteiger charge is -2.20. The van der Waals surface area contributed by atoms with Crippen molar-refractivity contribution < 1.29 is 9.72 Å². The molecular weight excluding hydrogens is 370 g/mol. The third-order valence-electron chi connectivity index (χ3n) is 4.00. The number of hydrogen-bond donors (Lipinski definition) is 0. The molecule has 2 aromatic carbocycles. The fourth-order valence-corrected chi connectivity index (χ4v) is 4.50. The van der Waals surface area contributed by atoms with Gasteiger partial charge in [0.1, 0.15) is 5.69 Å². The van der Waals surface area contributed by atoms with E-state index in [-0.39, 0.29) is 12.2 Å². The minimum atomic E-state index is -0.442. The molecule has 0 aliphatic carbocycles.